The number of hydrogen-bond acceptors (Lipinski definition) is 7. The molecule has 1 aliphatic heterocycles. The minimum atomic E-state index is -3.68. The first-order valence-corrected chi connectivity index (χ1v) is 10.4. The molecular formula is C17H26N6O4S. The van der Waals surface area contributed by atoms with E-state index in [9.17, 15) is 13.2 Å². The molecule has 0 spiro atoms. The van der Waals surface area contributed by atoms with Crippen LogP contribution < -0.4 is 5.73 Å². The van der Waals surface area contributed by atoms with Gasteiger partial charge in [0, 0.05) is 44.8 Å². The van der Waals surface area contributed by atoms with Crippen LogP contribution in [0.3, 0.4) is 0 Å². The molecule has 10 nitrogen and oxygen atoms in total. The Morgan fingerprint density at radius 2 is 1.89 bits per heavy atom. The lowest BCUT2D eigenvalue weighted by atomic mass is 9.97. The van der Waals surface area contributed by atoms with Crippen LogP contribution in [0.4, 0.5) is 0 Å². The highest BCUT2D eigenvalue weighted by Gasteiger charge is 2.31. The van der Waals surface area contributed by atoms with Crippen molar-refractivity contribution in [3.05, 3.63) is 29.7 Å². The summed E-state index contributed by atoms with van der Waals surface area (Å²) in [7, 11) is -2.09. The molecule has 2 N–H and O–H groups in total. The molecule has 1 amide bonds. The largest absolute Gasteiger partial charge is 0.364 e. The molecule has 3 rings (SSSR count). The summed E-state index contributed by atoms with van der Waals surface area (Å²) in [5, 5.41) is 4.01. The second kappa shape index (κ2) is 7.30. The molecule has 0 radical (unpaired) electrons. The molecule has 0 bridgehead atoms. The van der Waals surface area contributed by atoms with Gasteiger partial charge in [-0.25, -0.2) is 8.42 Å². The third-order valence-corrected chi connectivity index (χ3v) is 6.54. The topological polar surface area (TPSA) is 128 Å². The van der Waals surface area contributed by atoms with E-state index in [0.29, 0.717) is 44.4 Å². The Balaban J connectivity index is 1.64. The molecule has 1 aliphatic rings. The van der Waals surface area contributed by atoms with Crippen LogP contribution in [0.25, 0.3) is 0 Å². The van der Waals surface area contributed by atoms with Crippen LogP contribution in [0.1, 0.15) is 43.0 Å². The van der Waals surface area contributed by atoms with Crippen LogP contribution in [-0.4, -0.2) is 64.4 Å². The number of nitrogens with zero attached hydrogens (tertiary/aromatic N) is 5. The van der Waals surface area contributed by atoms with Crippen molar-refractivity contribution in [1.29, 1.82) is 0 Å². The van der Waals surface area contributed by atoms with Gasteiger partial charge in [-0.15, -0.1) is 0 Å². The molecule has 11 heteroatoms. The number of hydrogen-bond donors (Lipinski definition) is 1. The van der Waals surface area contributed by atoms with Crippen LogP contribution in [0, 0.1) is 0 Å². The van der Waals surface area contributed by atoms with E-state index in [0.717, 1.165) is 0 Å². The van der Waals surface area contributed by atoms with Gasteiger partial charge in [-0.05, 0) is 6.07 Å². The minimum Gasteiger partial charge on any atom is -0.364 e. The first kappa shape index (κ1) is 20.5. The number of aromatic nitrogens is 3. The van der Waals surface area contributed by atoms with Crippen LogP contribution in [-0.2, 0) is 29.0 Å². The van der Waals surface area contributed by atoms with E-state index in [4.69, 9.17) is 10.3 Å². The molecule has 0 aliphatic carbocycles. The quantitative estimate of drug-likeness (QED) is 0.751. The number of piperazine rings is 1. The molecule has 2 aromatic heterocycles. The third-order valence-electron chi connectivity index (χ3n) is 4.68. The summed E-state index contributed by atoms with van der Waals surface area (Å²) in [4.78, 5) is 18.0. The summed E-state index contributed by atoms with van der Waals surface area (Å²) >= 11 is 0. The van der Waals surface area contributed by atoms with Gasteiger partial charge in [0.25, 0.3) is 5.91 Å². The van der Waals surface area contributed by atoms with Gasteiger partial charge in [-0.3, -0.25) is 9.69 Å². The van der Waals surface area contributed by atoms with E-state index in [1.807, 2.05) is 20.8 Å². The summed E-state index contributed by atoms with van der Waals surface area (Å²) in [5.74, 6) is 0.511. The Morgan fingerprint density at radius 1 is 1.25 bits per heavy atom. The van der Waals surface area contributed by atoms with Gasteiger partial charge < -0.3 is 14.8 Å². The Hall–Kier alpha value is -2.24. The van der Waals surface area contributed by atoms with E-state index in [1.165, 1.54) is 21.1 Å². The number of nitrogens with two attached hydrogens (primary N) is 1. The molecule has 1 fully saturated rings. The van der Waals surface area contributed by atoms with Crippen molar-refractivity contribution in [3.8, 4) is 0 Å². The summed E-state index contributed by atoms with van der Waals surface area (Å²) in [5.41, 5.74) is 5.22. The summed E-state index contributed by atoms with van der Waals surface area (Å²) < 4.78 is 33.9. The fourth-order valence-electron chi connectivity index (χ4n) is 3.02. The third kappa shape index (κ3) is 4.10. The second-order valence-electron chi connectivity index (χ2n) is 7.98. The van der Waals surface area contributed by atoms with E-state index in [-0.39, 0.29) is 16.0 Å². The first-order valence-electron chi connectivity index (χ1n) is 9.00. The van der Waals surface area contributed by atoms with E-state index < -0.39 is 15.9 Å². The molecule has 3 heterocycles. The molecule has 0 unspecified atom stereocenters. The van der Waals surface area contributed by atoms with Crippen molar-refractivity contribution < 1.29 is 17.7 Å². The van der Waals surface area contributed by atoms with Crippen molar-refractivity contribution in [2.75, 3.05) is 26.2 Å². The highest BCUT2D eigenvalue weighted by molar-refractivity contribution is 7.89. The summed E-state index contributed by atoms with van der Waals surface area (Å²) in [6.07, 6.45) is 1.41. The maximum Gasteiger partial charge on any atom is 0.265 e. The van der Waals surface area contributed by atoms with Gasteiger partial charge in [-0.1, -0.05) is 25.9 Å². The lowest BCUT2D eigenvalue weighted by Gasteiger charge is -2.33. The second-order valence-corrected chi connectivity index (χ2v) is 9.92. The number of aryl methyl sites for hydroxylation is 1. The summed E-state index contributed by atoms with van der Waals surface area (Å²) in [6.45, 7) is 8.29. The average molecular weight is 411 g/mol. The maximum atomic E-state index is 12.9. The minimum absolute atomic E-state index is 0.0743. The number of amides is 1. The van der Waals surface area contributed by atoms with Crippen molar-refractivity contribution in [2.24, 2.45) is 12.8 Å². The Bertz CT molecular complexity index is 964. The van der Waals surface area contributed by atoms with Crippen molar-refractivity contribution in [2.45, 2.75) is 37.6 Å². The average Bonchev–Trinajstić information content (AvgIpc) is 3.22. The predicted octanol–water partition coefficient (Wildman–Crippen LogP) is 0.311. The molecule has 1 saturated heterocycles. The molecule has 154 valence electrons. The Kier molecular flexibility index (Phi) is 5.34. The van der Waals surface area contributed by atoms with E-state index in [2.05, 4.69) is 15.0 Å². The number of rotatable bonds is 5. The monoisotopic (exact) mass is 410 g/mol. The Labute approximate surface area is 164 Å². The molecule has 0 atom stereocenters. The fraction of sp³-hybridized carbons (Fsp3) is 0.588. The van der Waals surface area contributed by atoms with Crippen molar-refractivity contribution in [3.63, 3.8) is 0 Å². The van der Waals surface area contributed by atoms with Gasteiger partial charge in [0.1, 0.15) is 10.6 Å². The van der Waals surface area contributed by atoms with Gasteiger partial charge in [0.05, 0.1) is 6.54 Å². The SMILES string of the molecule is Cn1cc(S(=O)(=O)N2CCN(Cc3noc(C(C)(C)C)n3)CC2)cc1C(N)=O. The lowest BCUT2D eigenvalue weighted by Crippen LogP contribution is -2.48. The zero-order valence-electron chi connectivity index (χ0n) is 16.5. The number of carbonyl (C=O) groups excluding carboxylic acids is 1. The number of carbonyl (C=O) groups is 1. The molecule has 28 heavy (non-hydrogen) atoms. The van der Waals surface area contributed by atoms with Gasteiger partial charge >= 0.3 is 0 Å². The standard InChI is InChI=1S/C17H26N6O4S/c1-17(2,3)16-19-14(20-27-16)11-22-5-7-23(8-6-22)28(25,26)12-9-13(15(18)24)21(4)10-12/h9-10H,5-8,11H2,1-4H3,(H2,18,24). The van der Waals surface area contributed by atoms with Crippen LogP contribution >= 0.6 is 0 Å². The first-order chi connectivity index (χ1) is 13.0. The predicted molar refractivity (Wildman–Crippen MR) is 101 cm³/mol. The van der Waals surface area contributed by atoms with Gasteiger partial charge in [-0.2, -0.15) is 9.29 Å². The highest BCUT2D eigenvalue weighted by atomic mass is 32.2. The van der Waals surface area contributed by atoms with E-state index >= 15 is 0 Å². The van der Waals surface area contributed by atoms with Crippen molar-refractivity contribution >= 4 is 15.9 Å². The normalized spacial score (nSPS) is 17.1. The molecule has 2 aromatic rings. The van der Waals surface area contributed by atoms with Crippen molar-refractivity contribution in [1.82, 2.24) is 23.9 Å². The molecular weight excluding hydrogens is 384 g/mol. The zero-order chi connectivity index (χ0) is 20.7. The number of primary amides is 1. The Morgan fingerprint density at radius 3 is 2.39 bits per heavy atom. The van der Waals surface area contributed by atoms with Crippen LogP contribution in [0.2, 0.25) is 0 Å². The molecule has 0 saturated carbocycles. The highest BCUT2D eigenvalue weighted by Crippen LogP contribution is 2.22. The summed E-state index contributed by atoms with van der Waals surface area (Å²) in [6, 6.07) is 1.32. The fourth-order valence-corrected chi connectivity index (χ4v) is 4.51. The smallest absolute Gasteiger partial charge is 0.265 e. The van der Waals surface area contributed by atoms with Crippen LogP contribution in [0.15, 0.2) is 21.7 Å². The van der Waals surface area contributed by atoms with E-state index in [1.54, 1.807) is 7.05 Å². The molecule has 0 aromatic carbocycles. The zero-order valence-corrected chi connectivity index (χ0v) is 17.4. The lowest BCUT2D eigenvalue weighted by molar-refractivity contribution is 0.0992. The van der Waals surface area contributed by atoms with Gasteiger partial charge in [0.15, 0.2) is 5.82 Å². The van der Waals surface area contributed by atoms with Gasteiger partial charge in [0.2, 0.25) is 15.9 Å². The van der Waals surface area contributed by atoms with Crippen LogP contribution in [0.5, 0.6) is 0 Å². The maximum absolute atomic E-state index is 12.9. The number of sulfonamides is 1.